The Morgan fingerprint density at radius 2 is 2.50 bits per heavy atom. The van der Waals surface area contributed by atoms with Crippen LogP contribution in [-0.2, 0) is 21.4 Å². The number of carbonyl (C=O) groups is 1. The summed E-state index contributed by atoms with van der Waals surface area (Å²) in [7, 11) is 0. The molecule has 1 heterocycles. The van der Waals surface area contributed by atoms with Crippen LogP contribution in [0.5, 0.6) is 0 Å². The number of ether oxygens (including phenoxy) is 1. The Bertz CT molecular complexity index is 634. The molecule has 1 aromatic rings. The van der Waals surface area contributed by atoms with E-state index in [4.69, 9.17) is 4.74 Å². The van der Waals surface area contributed by atoms with Crippen LogP contribution in [0, 0.1) is 17.8 Å². The first-order valence-electron chi connectivity index (χ1n) is 6.09. The standard InChI is InChI=1S/C14H13NO3/c1-2-18-13(17)10-4-6-14(10)5-3-9-8-15-12(16)7-11(9)14/h7-8,10H,2-3,5H2,1H3,(H,15,16). The van der Waals surface area contributed by atoms with E-state index in [0.717, 1.165) is 24.0 Å². The maximum atomic E-state index is 11.9. The second-order valence-electron chi connectivity index (χ2n) is 4.66. The first kappa shape index (κ1) is 11.1. The van der Waals surface area contributed by atoms with Gasteiger partial charge in [-0.3, -0.25) is 9.59 Å². The molecule has 0 fully saturated rings. The molecule has 3 rings (SSSR count). The lowest BCUT2D eigenvalue weighted by atomic mass is 9.66. The van der Waals surface area contributed by atoms with Gasteiger partial charge in [0.15, 0.2) is 0 Å². The number of H-pyrrole nitrogens is 1. The third kappa shape index (κ3) is 1.34. The first-order valence-corrected chi connectivity index (χ1v) is 6.09. The molecule has 0 amide bonds. The molecule has 4 heteroatoms. The van der Waals surface area contributed by atoms with E-state index in [1.165, 1.54) is 0 Å². The van der Waals surface area contributed by atoms with Gasteiger partial charge in [-0.05, 0) is 30.9 Å². The number of aromatic amines is 1. The lowest BCUT2D eigenvalue weighted by Gasteiger charge is -2.34. The molecular weight excluding hydrogens is 230 g/mol. The summed E-state index contributed by atoms with van der Waals surface area (Å²) < 4.78 is 5.05. The quantitative estimate of drug-likeness (QED) is 0.616. The minimum Gasteiger partial charge on any atom is -0.465 e. The van der Waals surface area contributed by atoms with Gasteiger partial charge in [-0.15, -0.1) is 0 Å². The molecule has 1 spiro atoms. The smallest absolute Gasteiger partial charge is 0.323 e. The highest BCUT2D eigenvalue weighted by Crippen LogP contribution is 2.47. The molecular formula is C14H13NO3. The van der Waals surface area contributed by atoms with Crippen LogP contribution in [0.15, 0.2) is 17.1 Å². The third-order valence-electron chi connectivity index (χ3n) is 3.73. The summed E-state index contributed by atoms with van der Waals surface area (Å²) in [5.41, 5.74) is 1.36. The Balaban J connectivity index is 2.02. The molecule has 2 aliphatic rings. The van der Waals surface area contributed by atoms with E-state index in [1.54, 1.807) is 19.2 Å². The zero-order chi connectivity index (χ0) is 12.8. The number of aromatic nitrogens is 1. The molecule has 2 aliphatic carbocycles. The molecule has 1 aromatic heterocycles. The van der Waals surface area contributed by atoms with Gasteiger partial charge in [-0.1, -0.05) is 11.8 Å². The van der Waals surface area contributed by atoms with Crippen LogP contribution in [0.2, 0.25) is 0 Å². The van der Waals surface area contributed by atoms with Gasteiger partial charge < -0.3 is 9.72 Å². The third-order valence-corrected chi connectivity index (χ3v) is 3.73. The molecule has 4 nitrogen and oxygen atoms in total. The zero-order valence-electron chi connectivity index (χ0n) is 10.1. The van der Waals surface area contributed by atoms with Gasteiger partial charge in [0, 0.05) is 12.3 Å². The molecule has 0 radical (unpaired) electrons. The SMILES string of the molecule is CCOC(=O)C1C#CC12CCc1c[nH]c(=O)cc12. The molecule has 18 heavy (non-hydrogen) atoms. The largest absolute Gasteiger partial charge is 0.465 e. The minimum absolute atomic E-state index is 0.147. The van der Waals surface area contributed by atoms with E-state index in [9.17, 15) is 9.59 Å². The van der Waals surface area contributed by atoms with Crippen LogP contribution in [-0.4, -0.2) is 17.6 Å². The van der Waals surface area contributed by atoms with Gasteiger partial charge in [0.1, 0.15) is 5.92 Å². The highest BCUT2D eigenvalue weighted by molar-refractivity contribution is 5.83. The van der Waals surface area contributed by atoms with Gasteiger partial charge in [0.2, 0.25) is 5.56 Å². The Morgan fingerprint density at radius 3 is 3.17 bits per heavy atom. The summed E-state index contributed by atoms with van der Waals surface area (Å²) in [6, 6.07) is 1.57. The molecule has 92 valence electrons. The van der Waals surface area contributed by atoms with E-state index in [1.807, 2.05) is 0 Å². The van der Waals surface area contributed by atoms with Crippen molar-refractivity contribution in [3.63, 3.8) is 0 Å². The number of pyridine rings is 1. The molecule has 2 unspecified atom stereocenters. The average molecular weight is 243 g/mol. The van der Waals surface area contributed by atoms with Crippen molar-refractivity contribution >= 4 is 5.97 Å². The minimum atomic E-state index is -0.476. The fourth-order valence-electron chi connectivity index (χ4n) is 2.82. The predicted octanol–water partition coefficient (Wildman–Crippen LogP) is 0.755. The molecule has 0 aliphatic heterocycles. The molecule has 0 aromatic carbocycles. The summed E-state index contributed by atoms with van der Waals surface area (Å²) in [5, 5.41) is 0. The normalized spacial score (nSPS) is 27.1. The lowest BCUT2D eigenvalue weighted by molar-refractivity contribution is -0.148. The Labute approximate surface area is 104 Å². The van der Waals surface area contributed by atoms with Crippen molar-refractivity contribution in [1.82, 2.24) is 4.98 Å². The summed E-state index contributed by atoms with van der Waals surface area (Å²) >= 11 is 0. The van der Waals surface area contributed by atoms with Crippen LogP contribution in [0.1, 0.15) is 24.5 Å². The van der Waals surface area contributed by atoms with Crippen LogP contribution < -0.4 is 5.56 Å². The Hall–Kier alpha value is -2.02. The van der Waals surface area contributed by atoms with Gasteiger partial charge in [-0.25, -0.2) is 0 Å². The average Bonchev–Trinajstić information content (AvgIpc) is 2.68. The van der Waals surface area contributed by atoms with Crippen LogP contribution in [0.25, 0.3) is 0 Å². The number of rotatable bonds is 2. The number of nitrogens with one attached hydrogen (secondary N) is 1. The number of aryl methyl sites for hydroxylation is 1. The van der Waals surface area contributed by atoms with Crippen LogP contribution in [0.3, 0.4) is 0 Å². The van der Waals surface area contributed by atoms with Gasteiger partial charge in [-0.2, -0.15) is 0 Å². The Kier molecular flexibility index (Phi) is 2.30. The van der Waals surface area contributed by atoms with Gasteiger partial charge in [0.25, 0.3) is 0 Å². The van der Waals surface area contributed by atoms with Gasteiger partial charge in [0.05, 0.1) is 12.0 Å². The number of carbonyl (C=O) groups excluding carboxylic acids is 1. The topological polar surface area (TPSA) is 59.2 Å². The summed E-state index contributed by atoms with van der Waals surface area (Å²) in [6.45, 7) is 2.14. The second kappa shape index (κ2) is 3.74. The van der Waals surface area contributed by atoms with Crippen molar-refractivity contribution < 1.29 is 9.53 Å². The summed E-state index contributed by atoms with van der Waals surface area (Å²) in [4.78, 5) is 26.0. The number of hydrogen-bond donors (Lipinski definition) is 1. The van der Waals surface area contributed by atoms with E-state index >= 15 is 0 Å². The van der Waals surface area contributed by atoms with E-state index in [0.29, 0.717) is 6.61 Å². The summed E-state index contributed by atoms with van der Waals surface area (Å²) in [5.74, 6) is 5.29. The molecule has 0 saturated carbocycles. The molecule has 0 bridgehead atoms. The highest BCUT2D eigenvalue weighted by Gasteiger charge is 2.52. The van der Waals surface area contributed by atoms with Crippen molar-refractivity contribution in [2.45, 2.75) is 25.2 Å². The van der Waals surface area contributed by atoms with E-state index in [2.05, 4.69) is 16.8 Å². The van der Waals surface area contributed by atoms with Crippen LogP contribution in [0.4, 0.5) is 0 Å². The van der Waals surface area contributed by atoms with Crippen molar-refractivity contribution in [2.75, 3.05) is 6.61 Å². The van der Waals surface area contributed by atoms with Gasteiger partial charge >= 0.3 is 5.97 Å². The van der Waals surface area contributed by atoms with Crippen LogP contribution >= 0.6 is 0 Å². The lowest BCUT2D eigenvalue weighted by Crippen LogP contribution is -2.43. The van der Waals surface area contributed by atoms with E-state index < -0.39 is 11.3 Å². The zero-order valence-corrected chi connectivity index (χ0v) is 10.1. The first-order chi connectivity index (χ1) is 8.67. The van der Waals surface area contributed by atoms with Crippen molar-refractivity contribution in [3.8, 4) is 11.8 Å². The number of hydrogen-bond acceptors (Lipinski definition) is 3. The molecule has 0 saturated heterocycles. The fourth-order valence-corrected chi connectivity index (χ4v) is 2.82. The second-order valence-corrected chi connectivity index (χ2v) is 4.66. The van der Waals surface area contributed by atoms with Crippen molar-refractivity contribution in [3.05, 3.63) is 33.7 Å². The maximum absolute atomic E-state index is 11.9. The predicted molar refractivity (Wildman–Crippen MR) is 65.0 cm³/mol. The van der Waals surface area contributed by atoms with Crippen molar-refractivity contribution in [2.24, 2.45) is 5.92 Å². The molecule has 2 atom stereocenters. The summed E-state index contributed by atoms with van der Waals surface area (Å²) in [6.07, 6.45) is 3.36. The fraction of sp³-hybridized carbons (Fsp3) is 0.429. The highest BCUT2D eigenvalue weighted by atomic mass is 16.5. The number of fused-ring (bicyclic) bond motifs is 2. The Morgan fingerprint density at radius 1 is 1.67 bits per heavy atom. The van der Waals surface area contributed by atoms with Crippen molar-refractivity contribution in [1.29, 1.82) is 0 Å². The number of esters is 1. The van der Waals surface area contributed by atoms with E-state index in [-0.39, 0.29) is 11.5 Å². The molecule has 1 N–H and O–H groups in total. The monoisotopic (exact) mass is 243 g/mol. The maximum Gasteiger partial charge on any atom is 0.323 e.